The van der Waals surface area contributed by atoms with Crippen molar-refractivity contribution in [2.24, 2.45) is 5.73 Å². The monoisotopic (exact) mass is 262 g/mol. The van der Waals surface area contributed by atoms with E-state index in [4.69, 9.17) is 14.9 Å². The Balaban J connectivity index is 2.09. The van der Waals surface area contributed by atoms with Crippen molar-refractivity contribution >= 4 is 16.9 Å². The minimum absolute atomic E-state index is 0.101. The van der Waals surface area contributed by atoms with Crippen LogP contribution in [0.15, 0.2) is 34.7 Å². The van der Waals surface area contributed by atoms with Gasteiger partial charge in [0.15, 0.2) is 5.76 Å². The molecule has 1 amide bonds. The van der Waals surface area contributed by atoms with Crippen molar-refractivity contribution in [2.75, 3.05) is 20.3 Å². The maximum absolute atomic E-state index is 12.1. The average Bonchev–Trinajstić information content (AvgIpc) is 2.83. The molecule has 1 aromatic carbocycles. The first-order valence-electron chi connectivity index (χ1n) is 6.23. The van der Waals surface area contributed by atoms with Crippen molar-refractivity contribution < 1.29 is 13.9 Å². The molecule has 1 heterocycles. The zero-order chi connectivity index (χ0) is 13.7. The van der Waals surface area contributed by atoms with Crippen molar-refractivity contribution in [3.8, 4) is 0 Å². The Morgan fingerprint density at radius 1 is 1.47 bits per heavy atom. The summed E-state index contributed by atoms with van der Waals surface area (Å²) < 4.78 is 10.6. The summed E-state index contributed by atoms with van der Waals surface area (Å²) in [5.74, 6) is 0.0611. The number of nitrogens with two attached hydrogens (primary N) is 1. The van der Waals surface area contributed by atoms with Crippen molar-refractivity contribution in [3.63, 3.8) is 0 Å². The maximum atomic E-state index is 12.1. The molecule has 0 saturated carbocycles. The van der Waals surface area contributed by atoms with Crippen LogP contribution in [0.4, 0.5) is 0 Å². The highest BCUT2D eigenvalue weighted by molar-refractivity contribution is 5.96. The summed E-state index contributed by atoms with van der Waals surface area (Å²) in [7, 11) is 1.59. The van der Waals surface area contributed by atoms with Crippen LogP contribution in [0.1, 0.15) is 17.0 Å². The Hall–Kier alpha value is -1.85. The maximum Gasteiger partial charge on any atom is 0.287 e. The number of hydrogen-bond acceptors (Lipinski definition) is 4. The molecule has 5 nitrogen and oxygen atoms in total. The van der Waals surface area contributed by atoms with Crippen molar-refractivity contribution in [1.29, 1.82) is 0 Å². The van der Waals surface area contributed by atoms with Gasteiger partial charge in [-0.15, -0.1) is 0 Å². The summed E-state index contributed by atoms with van der Waals surface area (Å²) >= 11 is 0. The first-order chi connectivity index (χ1) is 9.24. The summed E-state index contributed by atoms with van der Waals surface area (Å²) in [6.45, 7) is 0.928. The fraction of sp³-hybridized carbons (Fsp3) is 0.357. The van der Waals surface area contributed by atoms with Gasteiger partial charge in [-0.3, -0.25) is 4.79 Å². The van der Waals surface area contributed by atoms with Crippen LogP contribution in [0, 0.1) is 0 Å². The van der Waals surface area contributed by atoms with E-state index < -0.39 is 0 Å². The first kappa shape index (κ1) is 13.6. The Kier molecular flexibility index (Phi) is 4.54. The molecule has 5 heteroatoms. The summed E-state index contributed by atoms with van der Waals surface area (Å²) in [5, 5.41) is 3.77. The van der Waals surface area contributed by atoms with Crippen molar-refractivity contribution in [3.05, 3.63) is 36.1 Å². The van der Waals surface area contributed by atoms with Gasteiger partial charge in [-0.25, -0.2) is 0 Å². The van der Waals surface area contributed by atoms with Gasteiger partial charge in [0.1, 0.15) is 5.58 Å². The number of ether oxygens (including phenoxy) is 1. The highest BCUT2D eigenvalue weighted by Gasteiger charge is 2.16. The first-order valence-corrected chi connectivity index (χ1v) is 6.23. The molecular weight excluding hydrogens is 244 g/mol. The Morgan fingerprint density at radius 3 is 2.95 bits per heavy atom. The largest absolute Gasteiger partial charge is 0.451 e. The number of nitrogens with one attached hydrogen (secondary N) is 1. The van der Waals surface area contributed by atoms with Gasteiger partial charge in [0.25, 0.3) is 5.91 Å². The molecule has 1 atom stereocenters. The molecule has 2 aromatic rings. The fourth-order valence-corrected chi connectivity index (χ4v) is 1.95. The second-order valence-electron chi connectivity index (χ2n) is 4.35. The molecule has 19 heavy (non-hydrogen) atoms. The molecule has 2 rings (SSSR count). The number of rotatable bonds is 6. The van der Waals surface area contributed by atoms with Gasteiger partial charge < -0.3 is 20.2 Å². The predicted octanol–water partition coefficient (Wildman–Crippen LogP) is 1.53. The van der Waals surface area contributed by atoms with E-state index in [0.717, 1.165) is 5.39 Å². The van der Waals surface area contributed by atoms with E-state index >= 15 is 0 Å². The van der Waals surface area contributed by atoms with E-state index in [1.807, 2.05) is 24.3 Å². The smallest absolute Gasteiger partial charge is 0.287 e. The van der Waals surface area contributed by atoms with Crippen LogP contribution in [-0.4, -0.2) is 32.2 Å². The van der Waals surface area contributed by atoms with E-state index in [-0.39, 0.29) is 11.9 Å². The molecule has 0 saturated heterocycles. The van der Waals surface area contributed by atoms with Crippen LogP contribution in [-0.2, 0) is 4.74 Å². The van der Waals surface area contributed by atoms with Crippen LogP contribution in [0.25, 0.3) is 11.0 Å². The molecular formula is C14H18N2O3. The van der Waals surface area contributed by atoms with E-state index in [0.29, 0.717) is 30.9 Å². The number of para-hydroxylation sites is 1. The van der Waals surface area contributed by atoms with Gasteiger partial charge in [-0.05, 0) is 25.1 Å². The molecule has 0 aliphatic carbocycles. The zero-order valence-corrected chi connectivity index (χ0v) is 10.9. The molecule has 0 aliphatic rings. The zero-order valence-electron chi connectivity index (χ0n) is 10.9. The molecule has 1 unspecified atom stereocenters. The van der Waals surface area contributed by atoms with Gasteiger partial charge in [-0.2, -0.15) is 0 Å². The van der Waals surface area contributed by atoms with E-state index in [1.165, 1.54) is 0 Å². The fourth-order valence-electron chi connectivity index (χ4n) is 1.95. The Bertz CT molecular complexity index is 511. The third-order valence-electron chi connectivity index (χ3n) is 2.87. The van der Waals surface area contributed by atoms with E-state index in [1.54, 1.807) is 13.2 Å². The molecule has 1 aromatic heterocycles. The lowest BCUT2D eigenvalue weighted by Crippen LogP contribution is -2.39. The predicted molar refractivity (Wildman–Crippen MR) is 73.0 cm³/mol. The number of benzene rings is 1. The second-order valence-corrected chi connectivity index (χ2v) is 4.35. The third kappa shape index (κ3) is 3.33. The number of furan rings is 1. The third-order valence-corrected chi connectivity index (χ3v) is 2.87. The minimum Gasteiger partial charge on any atom is -0.451 e. The minimum atomic E-state index is -0.244. The number of amides is 1. The lowest BCUT2D eigenvalue weighted by atomic mass is 10.2. The topological polar surface area (TPSA) is 77.5 Å². The molecule has 0 fully saturated rings. The van der Waals surface area contributed by atoms with Crippen LogP contribution in [0.3, 0.4) is 0 Å². The Labute approximate surface area is 111 Å². The van der Waals surface area contributed by atoms with Gasteiger partial charge in [0.05, 0.1) is 12.6 Å². The summed E-state index contributed by atoms with van der Waals surface area (Å²) in [5.41, 5.74) is 6.21. The van der Waals surface area contributed by atoms with E-state index in [2.05, 4.69) is 5.32 Å². The average molecular weight is 262 g/mol. The number of methoxy groups -OCH3 is 1. The SMILES string of the molecule is COCC(CCN)NC(=O)c1cc2ccccc2o1. The van der Waals surface area contributed by atoms with Crippen LogP contribution >= 0.6 is 0 Å². The summed E-state index contributed by atoms with van der Waals surface area (Å²) in [4.78, 5) is 12.1. The molecule has 102 valence electrons. The van der Waals surface area contributed by atoms with Crippen molar-refractivity contribution in [2.45, 2.75) is 12.5 Å². The van der Waals surface area contributed by atoms with E-state index in [9.17, 15) is 4.79 Å². The number of hydrogen-bond donors (Lipinski definition) is 2. The van der Waals surface area contributed by atoms with Gasteiger partial charge in [0, 0.05) is 12.5 Å². The van der Waals surface area contributed by atoms with Crippen LogP contribution in [0.5, 0.6) is 0 Å². The van der Waals surface area contributed by atoms with Crippen LogP contribution in [0.2, 0.25) is 0 Å². The number of fused-ring (bicyclic) bond motifs is 1. The summed E-state index contributed by atoms with van der Waals surface area (Å²) in [6, 6.07) is 9.14. The quantitative estimate of drug-likeness (QED) is 0.827. The normalized spacial score (nSPS) is 12.5. The second kappa shape index (κ2) is 6.36. The van der Waals surface area contributed by atoms with Crippen LogP contribution < -0.4 is 11.1 Å². The highest BCUT2D eigenvalue weighted by Crippen LogP contribution is 2.18. The van der Waals surface area contributed by atoms with Gasteiger partial charge in [0.2, 0.25) is 0 Å². The molecule has 0 spiro atoms. The molecule has 0 radical (unpaired) electrons. The standard InChI is InChI=1S/C14H18N2O3/c1-18-9-11(6-7-15)16-14(17)13-8-10-4-2-3-5-12(10)19-13/h2-5,8,11H,6-7,9,15H2,1H3,(H,16,17). The lowest BCUT2D eigenvalue weighted by Gasteiger charge is -2.15. The Morgan fingerprint density at radius 2 is 2.26 bits per heavy atom. The molecule has 0 aliphatic heterocycles. The van der Waals surface area contributed by atoms with Crippen molar-refractivity contribution in [1.82, 2.24) is 5.32 Å². The van der Waals surface area contributed by atoms with Gasteiger partial charge >= 0.3 is 0 Å². The number of carbonyl (C=O) groups is 1. The summed E-state index contributed by atoms with van der Waals surface area (Å²) in [6.07, 6.45) is 0.666. The molecule has 3 N–H and O–H groups in total. The lowest BCUT2D eigenvalue weighted by molar-refractivity contribution is 0.0868. The molecule has 0 bridgehead atoms. The van der Waals surface area contributed by atoms with Gasteiger partial charge in [-0.1, -0.05) is 18.2 Å². The number of carbonyl (C=O) groups excluding carboxylic acids is 1. The highest BCUT2D eigenvalue weighted by atomic mass is 16.5.